The van der Waals surface area contributed by atoms with E-state index >= 15 is 0 Å². The van der Waals surface area contributed by atoms with Gasteiger partial charge in [0.25, 0.3) is 0 Å². The Kier molecular flexibility index (Phi) is 5.83. The Morgan fingerprint density at radius 1 is 1.12 bits per heavy atom. The largest absolute Gasteiger partial charge is 0.378 e. The van der Waals surface area contributed by atoms with Gasteiger partial charge in [-0.3, -0.25) is 4.72 Å². The van der Waals surface area contributed by atoms with E-state index in [0.29, 0.717) is 17.7 Å². The second-order valence-corrected chi connectivity index (χ2v) is 7.45. The lowest BCUT2D eigenvalue weighted by atomic mass is 10.1. The van der Waals surface area contributed by atoms with Gasteiger partial charge in [0.15, 0.2) is 0 Å². The Morgan fingerprint density at radius 3 is 2.54 bits per heavy atom. The third kappa shape index (κ3) is 5.00. The molecule has 24 heavy (non-hydrogen) atoms. The standard InChI is InChI=1S/C18H21N3O2S/c1-3-10-24(22,23)21-18-9-5-8-17(12-18)20-14(2)16-7-4-6-15(11-16)13-19/h4-9,11-12,14,20-21H,3,10H2,1-2H3/t14-/m0/s1. The molecule has 0 aliphatic carbocycles. The zero-order valence-corrected chi connectivity index (χ0v) is 14.6. The molecule has 0 bridgehead atoms. The highest BCUT2D eigenvalue weighted by atomic mass is 32.2. The van der Waals surface area contributed by atoms with Crippen LogP contribution in [0.1, 0.15) is 37.4 Å². The first-order valence-corrected chi connectivity index (χ1v) is 9.46. The first-order chi connectivity index (χ1) is 11.4. The molecule has 0 unspecified atom stereocenters. The Morgan fingerprint density at radius 2 is 1.83 bits per heavy atom. The van der Waals surface area contributed by atoms with Crippen LogP contribution >= 0.6 is 0 Å². The molecule has 6 heteroatoms. The maximum absolute atomic E-state index is 11.9. The van der Waals surface area contributed by atoms with Gasteiger partial charge in [-0.25, -0.2) is 8.42 Å². The Balaban J connectivity index is 2.13. The quantitative estimate of drug-likeness (QED) is 0.799. The molecule has 2 N–H and O–H groups in total. The summed E-state index contributed by atoms with van der Waals surface area (Å²) in [6, 6.07) is 16.7. The predicted molar refractivity (Wildman–Crippen MR) is 97.3 cm³/mol. The number of hydrogen-bond donors (Lipinski definition) is 2. The van der Waals surface area contributed by atoms with Crippen LogP contribution in [0.5, 0.6) is 0 Å². The van der Waals surface area contributed by atoms with E-state index < -0.39 is 10.0 Å². The van der Waals surface area contributed by atoms with Crippen LogP contribution in [0, 0.1) is 11.3 Å². The minimum Gasteiger partial charge on any atom is -0.378 e. The third-order valence-corrected chi connectivity index (χ3v) is 5.00. The zero-order valence-electron chi connectivity index (χ0n) is 13.8. The van der Waals surface area contributed by atoms with E-state index in [0.717, 1.165) is 11.3 Å². The molecule has 0 aliphatic rings. The highest BCUT2D eigenvalue weighted by Gasteiger charge is 2.10. The Hall–Kier alpha value is -2.52. The fraction of sp³-hybridized carbons (Fsp3) is 0.278. The molecule has 0 fully saturated rings. The monoisotopic (exact) mass is 343 g/mol. The van der Waals surface area contributed by atoms with E-state index in [1.165, 1.54) is 0 Å². The van der Waals surface area contributed by atoms with Crippen molar-refractivity contribution in [2.45, 2.75) is 26.3 Å². The third-order valence-electron chi connectivity index (χ3n) is 3.51. The summed E-state index contributed by atoms with van der Waals surface area (Å²) >= 11 is 0. The summed E-state index contributed by atoms with van der Waals surface area (Å²) in [6.45, 7) is 3.82. The van der Waals surface area contributed by atoms with E-state index in [2.05, 4.69) is 16.1 Å². The van der Waals surface area contributed by atoms with Crippen molar-refractivity contribution in [1.29, 1.82) is 5.26 Å². The van der Waals surface area contributed by atoms with Crippen molar-refractivity contribution < 1.29 is 8.42 Å². The number of nitriles is 1. The van der Waals surface area contributed by atoms with Crippen LogP contribution in [-0.2, 0) is 10.0 Å². The molecule has 2 rings (SSSR count). The SMILES string of the molecule is CCCS(=O)(=O)Nc1cccc(N[C@@H](C)c2cccc(C#N)c2)c1. The van der Waals surface area contributed by atoms with Gasteiger partial charge < -0.3 is 5.32 Å². The van der Waals surface area contributed by atoms with Crippen LogP contribution in [-0.4, -0.2) is 14.2 Å². The molecule has 2 aromatic rings. The average molecular weight is 343 g/mol. The Labute approximate surface area is 143 Å². The van der Waals surface area contributed by atoms with Crippen LogP contribution < -0.4 is 10.0 Å². The van der Waals surface area contributed by atoms with Gasteiger partial charge in [-0.15, -0.1) is 0 Å². The zero-order chi connectivity index (χ0) is 17.6. The van der Waals surface area contributed by atoms with Gasteiger partial charge in [-0.05, 0) is 49.2 Å². The van der Waals surface area contributed by atoms with Crippen molar-refractivity contribution in [2.24, 2.45) is 0 Å². The van der Waals surface area contributed by atoms with Crippen molar-refractivity contribution in [1.82, 2.24) is 0 Å². The van der Waals surface area contributed by atoms with Crippen LogP contribution in [0.25, 0.3) is 0 Å². The van der Waals surface area contributed by atoms with Crippen molar-refractivity contribution >= 4 is 21.4 Å². The van der Waals surface area contributed by atoms with Gasteiger partial charge in [-0.2, -0.15) is 5.26 Å². The summed E-state index contributed by atoms with van der Waals surface area (Å²) in [6.07, 6.45) is 0.569. The van der Waals surface area contributed by atoms with Gasteiger partial charge in [0.1, 0.15) is 0 Å². The second kappa shape index (κ2) is 7.84. The first kappa shape index (κ1) is 17.8. The van der Waals surface area contributed by atoms with Crippen molar-refractivity contribution in [3.05, 3.63) is 59.7 Å². The fourth-order valence-corrected chi connectivity index (χ4v) is 3.51. The van der Waals surface area contributed by atoms with Crippen molar-refractivity contribution in [3.63, 3.8) is 0 Å². The number of nitrogens with zero attached hydrogens (tertiary/aromatic N) is 1. The van der Waals surface area contributed by atoms with E-state index in [1.54, 1.807) is 24.3 Å². The molecule has 0 aromatic heterocycles. The lowest BCUT2D eigenvalue weighted by Gasteiger charge is -2.17. The minimum atomic E-state index is -3.30. The molecule has 126 valence electrons. The molecule has 0 amide bonds. The first-order valence-electron chi connectivity index (χ1n) is 7.80. The second-order valence-electron chi connectivity index (χ2n) is 5.61. The van der Waals surface area contributed by atoms with E-state index in [1.807, 2.05) is 38.1 Å². The highest BCUT2D eigenvalue weighted by Crippen LogP contribution is 2.23. The molecule has 0 saturated heterocycles. The van der Waals surface area contributed by atoms with Crippen molar-refractivity contribution in [2.75, 3.05) is 15.8 Å². The summed E-state index contributed by atoms with van der Waals surface area (Å²) in [7, 11) is -3.30. The Bertz CT molecular complexity index is 841. The molecular formula is C18H21N3O2S. The maximum atomic E-state index is 11.9. The molecule has 0 aliphatic heterocycles. The van der Waals surface area contributed by atoms with Gasteiger partial charge in [0.05, 0.1) is 23.1 Å². The minimum absolute atomic E-state index is 0.0131. The topological polar surface area (TPSA) is 82.0 Å². The predicted octanol–water partition coefficient (Wildman–Crippen LogP) is 3.88. The van der Waals surface area contributed by atoms with Crippen LogP contribution in [0.15, 0.2) is 48.5 Å². The molecule has 0 spiro atoms. The summed E-state index contributed by atoms with van der Waals surface area (Å²) in [5.41, 5.74) is 2.95. The van der Waals surface area contributed by atoms with E-state index in [-0.39, 0.29) is 11.8 Å². The van der Waals surface area contributed by atoms with Crippen molar-refractivity contribution in [3.8, 4) is 6.07 Å². The number of anilines is 2. The summed E-state index contributed by atoms with van der Waals surface area (Å²) in [4.78, 5) is 0. The van der Waals surface area contributed by atoms with Gasteiger partial charge in [-0.1, -0.05) is 25.1 Å². The molecule has 0 saturated carbocycles. The highest BCUT2D eigenvalue weighted by molar-refractivity contribution is 7.92. The van der Waals surface area contributed by atoms with Gasteiger partial charge in [0.2, 0.25) is 10.0 Å². The van der Waals surface area contributed by atoms with Gasteiger partial charge in [0, 0.05) is 11.7 Å². The molecular weight excluding hydrogens is 322 g/mol. The lowest BCUT2D eigenvalue weighted by molar-refractivity contribution is 0.600. The fourth-order valence-electron chi connectivity index (χ4n) is 2.38. The number of hydrogen-bond acceptors (Lipinski definition) is 4. The molecule has 0 radical (unpaired) electrons. The van der Waals surface area contributed by atoms with Crippen LogP contribution in [0.3, 0.4) is 0 Å². The maximum Gasteiger partial charge on any atom is 0.232 e. The molecule has 0 heterocycles. The number of rotatable bonds is 7. The summed E-state index contributed by atoms with van der Waals surface area (Å²) in [5, 5.41) is 12.3. The van der Waals surface area contributed by atoms with E-state index in [4.69, 9.17) is 5.26 Å². The van der Waals surface area contributed by atoms with Gasteiger partial charge >= 0.3 is 0 Å². The molecule has 5 nitrogen and oxygen atoms in total. The molecule has 2 aromatic carbocycles. The average Bonchev–Trinajstić information content (AvgIpc) is 2.54. The lowest BCUT2D eigenvalue weighted by Crippen LogP contribution is -2.16. The smallest absolute Gasteiger partial charge is 0.232 e. The van der Waals surface area contributed by atoms with Crippen LogP contribution in [0.4, 0.5) is 11.4 Å². The summed E-state index contributed by atoms with van der Waals surface area (Å²) < 4.78 is 26.3. The number of nitrogens with one attached hydrogen (secondary N) is 2. The number of sulfonamides is 1. The normalized spacial score (nSPS) is 12.2. The van der Waals surface area contributed by atoms with Crippen LogP contribution in [0.2, 0.25) is 0 Å². The van der Waals surface area contributed by atoms with E-state index in [9.17, 15) is 8.42 Å². The number of benzene rings is 2. The molecule has 1 atom stereocenters. The summed E-state index contributed by atoms with van der Waals surface area (Å²) in [5.74, 6) is 0.0992.